The summed E-state index contributed by atoms with van der Waals surface area (Å²) in [5.74, 6) is 0.427. The SMILES string of the molecule is NS(=O)(=O)c1cccc(Nc2nccc(NCC(O)c3cccc(C(F)(F)F)c3)n2)c1. The number of hydrogen-bond acceptors (Lipinski definition) is 7. The molecule has 0 saturated heterocycles. The second kappa shape index (κ2) is 8.88. The molecule has 31 heavy (non-hydrogen) atoms. The highest BCUT2D eigenvalue weighted by Crippen LogP contribution is 2.30. The number of primary sulfonamides is 1. The third-order valence-electron chi connectivity index (χ3n) is 4.15. The Morgan fingerprint density at radius 3 is 2.55 bits per heavy atom. The Hall–Kier alpha value is -3.22. The summed E-state index contributed by atoms with van der Waals surface area (Å²) in [5, 5.41) is 21.0. The van der Waals surface area contributed by atoms with E-state index in [1.165, 1.54) is 42.6 Å². The molecule has 0 fully saturated rings. The number of aromatic nitrogens is 2. The van der Waals surface area contributed by atoms with E-state index in [0.717, 1.165) is 12.1 Å². The number of anilines is 3. The van der Waals surface area contributed by atoms with Gasteiger partial charge in [0.25, 0.3) is 0 Å². The number of rotatable bonds is 7. The highest BCUT2D eigenvalue weighted by Gasteiger charge is 2.30. The summed E-state index contributed by atoms with van der Waals surface area (Å²) in [6.45, 7) is -0.0985. The lowest BCUT2D eigenvalue weighted by atomic mass is 10.1. The first-order valence-corrected chi connectivity index (χ1v) is 10.4. The van der Waals surface area contributed by atoms with Crippen LogP contribution in [0.25, 0.3) is 0 Å². The predicted octanol–water partition coefficient (Wildman–Crippen LogP) is 3.03. The first-order valence-electron chi connectivity index (χ1n) is 8.84. The van der Waals surface area contributed by atoms with Crippen LogP contribution in [0.3, 0.4) is 0 Å². The molecule has 1 atom stereocenters. The number of nitrogens with one attached hydrogen (secondary N) is 2. The zero-order valence-corrected chi connectivity index (χ0v) is 16.7. The number of nitrogens with zero attached hydrogens (tertiary/aromatic N) is 2. The number of aliphatic hydroxyl groups is 1. The summed E-state index contributed by atoms with van der Waals surface area (Å²) in [5.41, 5.74) is -0.360. The summed E-state index contributed by atoms with van der Waals surface area (Å²) >= 11 is 0. The zero-order valence-electron chi connectivity index (χ0n) is 15.8. The summed E-state index contributed by atoms with van der Waals surface area (Å²) in [4.78, 5) is 8.11. The Morgan fingerprint density at radius 1 is 1.10 bits per heavy atom. The summed E-state index contributed by atoms with van der Waals surface area (Å²) in [7, 11) is -3.87. The van der Waals surface area contributed by atoms with Crippen molar-refractivity contribution >= 4 is 27.5 Å². The molecule has 0 bridgehead atoms. The normalized spacial score (nSPS) is 12.9. The monoisotopic (exact) mass is 453 g/mol. The van der Waals surface area contributed by atoms with Gasteiger partial charge >= 0.3 is 6.18 Å². The van der Waals surface area contributed by atoms with Gasteiger partial charge in [-0.1, -0.05) is 18.2 Å². The Kier molecular flexibility index (Phi) is 6.43. The molecule has 1 heterocycles. The molecule has 5 N–H and O–H groups in total. The molecule has 0 radical (unpaired) electrons. The topological polar surface area (TPSA) is 130 Å². The number of benzene rings is 2. The fourth-order valence-electron chi connectivity index (χ4n) is 2.64. The fraction of sp³-hybridized carbons (Fsp3) is 0.158. The van der Waals surface area contributed by atoms with E-state index < -0.39 is 27.9 Å². The highest BCUT2D eigenvalue weighted by atomic mass is 32.2. The van der Waals surface area contributed by atoms with Crippen molar-refractivity contribution in [3.63, 3.8) is 0 Å². The van der Waals surface area contributed by atoms with E-state index in [1.807, 2.05) is 0 Å². The molecule has 2 aromatic carbocycles. The van der Waals surface area contributed by atoms with Gasteiger partial charge in [-0.3, -0.25) is 0 Å². The maximum absolute atomic E-state index is 12.8. The first kappa shape index (κ1) is 22.5. The summed E-state index contributed by atoms with van der Waals surface area (Å²) < 4.78 is 61.4. The average Bonchev–Trinajstić information content (AvgIpc) is 2.71. The highest BCUT2D eigenvalue weighted by molar-refractivity contribution is 7.89. The molecule has 0 aliphatic carbocycles. The predicted molar refractivity (Wildman–Crippen MR) is 108 cm³/mol. The third kappa shape index (κ3) is 6.13. The van der Waals surface area contributed by atoms with Crippen molar-refractivity contribution < 1.29 is 26.7 Å². The van der Waals surface area contributed by atoms with Gasteiger partial charge in [-0.15, -0.1) is 0 Å². The van der Waals surface area contributed by atoms with Crippen molar-refractivity contribution in [3.8, 4) is 0 Å². The van der Waals surface area contributed by atoms with Crippen LogP contribution in [0.5, 0.6) is 0 Å². The lowest BCUT2D eigenvalue weighted by molar-refractivity contribution is -0.137. The van der Waals surface area contributed by atoms with Crippen LogP contribution in [0, 0.1) is 0 Å². The molecule has 0 saturated carbocycles. The molecule has 0 aliphatic rings. The minimum absolute atomic E-state index is 0.0870. The molecule has 12 heteroatoms. The second-order valence-corrected chi connectivity index (χ2v) is 8.04. The molecule has 3 aromatic rings. The molecular formula is C19H18F3N5O3S. The number of halogens is 3. The molecular weight excluding hydrogens is 435 g/mol. The van der Waals surface area contributed by atoms with E-state index >= 15 is 0 Å². The number of alkyl halides is 3. The first-order chi connectivity index (χ1) is 14.5. The second-order valence-electron chi connectivity index (χ2n) is 6.48. The Balaban J connectivity index is 1.68. The molecule has 164 valence electrons. The molecule has 0 aliphatic heterocycles. The van der Waals surface area contributed by atoms with E-state index in [9.17, 15) is 26.7 Å². The molecule has 0 amide bonds. The van der Waals surface area contributed by atoms with E-state index in [2.05, 4.69) is 20.6 Å². The van der Waals surface area contributed by atoms with E-state index in [-0.39, 0.29) is 23.0 Å². The Labute approximate surface area is 176 Å². The van der Waals surface area contributed by atoms with Gasteiger partial charge in [-0.25, -0.2) is 18.5 Å². The minimum Gasteiger partial charge on any atom is -0.387 e. The minimum atomic E-state index is -4.50. The van der Waals surface area contributed by atoms with Crippen molar-refractivity contribution in [3.05, 3.63) is 71.9 Å². The molecule has 1 unspecified atom stereocenters. The van der Waals surface area contributed by atoms with Crippen molar-refractivity contribution in [1.82, 2.24) is 9.97 Å². The lowest BCUT2D eigenvalue weighted by Gasteiger charge is -2.15. The van der Waals surface area contributed by atoms with Crippen LogP contribution in [-0.2, 0) is 16.2 Å². The molecule has 8 nitrogen and oxygen atoms in total. The average molecular weight is 453 g/mol. The Bertz CT molecular complexity index is 1170. The molecule has 1 aromatic heterocycles. The van der Waals surface area contributed by atoms with Crippen LogP contribution >= 0.6 is 0 Å². The number of sulfonamides is 1. The van der Waals surface area contributed by atoms with Crippen LogP contribution in [0.2, 0.25) is 0 Å². The quantitative estimate of drug-likeness (QED) is 0.433. The largest absolute Gasteiger partial charge is 0.416 e. The van der Waals surface area contributed by atoms with Gasteiger partial charge in [0.05, 0.1) is 16.6 Å². The van der Waals surface area contributed by atoms with Crippen molar-refractivity contribution in [1.29, 1.82) is 0 Å². The third-order valence-corrected chi connectivity index (χ3v) is 5.06. The number of nitrogens with two attached hydrogens (primary N) is 1. The number of aliphatic hydroxyl groups excluding tert-OH is 1. The van der Waals surface area contributed by atoms with Gasteiger partial charge < -0.3 is 15.7 Å². The van der Waals surface area contributed by atoms with E-state index in [0.29, 0.717) is 11.5 Å². The number of hydrogen-bond donors (Lipinski definition) is 4. The lowest BCUT2D eigenvalue weighted by Crippen LogP contribution is -2.15. The maximum Gasteiger partial charge on any atom is 0.416 e. The molecule has 0 spiro atoms. The van der Waals surface area contributed by atoms with Gasteiger partial charge in [0.2, 0.25) is 16.0 Å². The van der Waals surface area contributed by atoms with Crippen LogP contribution in [0.15, 0.2) is 65.7 Å². The van der Waals surface area contributed by atoms with E-state index in [4.69, 9.17) is 5.14 Å². The van der Waals surface area contributed by atoms with Crippen LogP contribution in [0.4, 0.5) is 30.6 Å². The fourth-order valence-corrected chi connectivity index (χ4v) is 3.20. The van der Waals surface area contributed by atoms with Gasteiger partial charge in [-0.2, -0.15) is 18.2 Å². The zero-order chi connectivity index (χ0) is 22.6. The van der Waals surface area contributed by atoms with Crippen molar-refractivity contribution in [2.75, 3.05) is 17.2 Å². The van der Waals surface area contributed by atoms with Crippen molar-refractivity contribution in [2.24, 2.45) is 5.14 Å². The Morgan fingerprint density at radius 2 is 1.84 bits per heavy atom. The van der Waals surface area contributed by atoms with E-state index in [1.54, 1.807) is 6.07 Å². The van der Waals surface area contributed by atoms with Crippen LogP contribution < -0.4 is 15.8 Å². The van der Waals surface area contributed by atoms with Gasteiger partial charge in [0.1, 0.15) is 5.82 Å². The van der Waals surface area contributed by atoms with Gasteiger partial charge in [-0.05, 0) is 42.0 Å². The standard InChI is InChI=1S/C19H18F3N5O3S/c20-19(21,22)13-4-1-3-12(9-13)16(28)11-25-17-7-8-24-18(27-17)26-14-5-2-6-15(10-14)31(23,29)30/h1-10,16,28H,11H2,(H2,23,29,30)(H2,24,25,26,27). The smallest absolute Gasteiger partial charge is 0.387 e. The van der Waals surface area contributed by atoms with Gasteiger partial charge in [0.15, 0.2) is 0 Å². The van der Waals surface area contributed by atoms with Gasteiger partial charge in [0, 0.05) is 18.4 Å². The molecule has 3 rings (SSSR count). The summed E-state index contributed by atoms with van der Waals surface area (Å²) in [6, 6.07) is 11.7. The van der Waals surface area contributed by atoms with Crippen LogP contribution in [0.1, 0.15) is 17.2 Å². The van der Waals surface area contributed by atoms with Crippen molar-refractivity contribution in [2.45, 2.75) is 17.2 Å². The van der Waals surface area contributed by atoms with Crippen LogP contribution in [-0.4, -0.2) is 30.0 Å². The maximum atomic E-state index is 12.8. The summed E-state index contributed by atoms with van der Waals surface area (Å²) in [6.07, 6.45) is -4.30.